The third-order valence-corrected chi connectivity index (χ3v) is 5.87. The van der Waals surface area contributed by atoms with Crippen molar-refractivity contribution in [2.75, 3.05) is 0 Å². The lowest BCUT2D eigenvalue weighted by Gasteiger charge is -2.46. The van der Waals surface area contributed by atoms with Crippen LogP contribution in [0.25, 0.3) is 0 Å². The molecule has 2 heterocycles. The predicted octanol–water partition coefficient (Wildman–Crippen LogP) is 5.64. The maximum absolute atomic E-state index is 13.8. The van der Waals surface area contributed by atoms with Gasteiger partial charge in [0, 0.05) is 23.4 Å². The third-order valence-electron chi connectivity index (χ3n) is 5.87. The lowest BCUT2D eigenvalue weighted by Crippen LogP contribution is -2.58. The van der Waals surface area contributed by atoms with Gasteiger partial charge in [-0.15, -0.1) is 0 Å². The van der Waals surface area contributed by atoms with E-state index in [2.05, 4.69) is 39.2 Å². The smallest absolute Gasteiger partial charge is 0.277 e. The maximum Gasteiger partial charge on any atom is 0.277 e. The number of allylic oxidation sites excluding steroid dienone is 4. The average molecular weight is 449 g/mol. The molecule has 1 N–H and O–H groups in total. The Morgan fingerprint density at radius 3 is 2.52 bits per heavy atom. The summed E-state index contributed by atoms with van der Waals surface area (Å²) in [7, 11) is 0. The van der Waals surface area contributed by atoms with Gasteiger partial charge in [-0.3, -0.25) is 14.4 Å². The molecule has 1 aliphatic rings. The van der Waals surface area contributed by atoms with Crippen molar-refractivity contribution in [3.63, 3.8) is 0 Å². The number of nitrogens with one attached hydrogen (secondary N) is 1. The second-order valence-corrected chi connectivity index (χ2v) is 9.60. The maximum atomic E-state index is 13.8. The molecule has 1 atom stereocenters. The highest BCUT2D eigenvalue weighted by atomic mass is 19.1. The molecule has 1 amide bonds. The van der Waals surface area contributed by atoms with E-state index in [4.69, 9.17) is 5.10 Å². The van der Waals surface area contributed by atoms with Crippen LogP contribution < -0.4 is 5.32 Å². The van der Waals surface area contributed by atoms with Crippen LogP contribution in [0.1, 0.15) is 56.4 Å². The first-order valence-corrected chi connectivity index (χ1v) is 11.0. The topological polar surface area (TPSA) is 50.2 Å². The molecule has 33 heavy (non-hydrogen) atoms. The van der Waals surface area contributed by atoms with E-state index in [0.717, 1.165) is 11.3 Å². The quantitative estimate of drug-likeness (QED) is 0.558. The van der Waals surface area contributed by atoms with Crippen molar-refractivity contribution in [2.24, 2.45) is 0 Å². The van der Waals surface area contributed by atoms with Crippen LogP contribution in [0.15, 0.2) is 85.0 Å². The van der Waals surface area contributed by atoms with E-state index in [1.54, 1.807) is 21.7 Å². The Kier molecular flexibility index (Phi) is 6.77. The molecule has 6 heteroatoms. The molecule has 1 aromatic carbocycles. The molecular weight excluding hydrogens is 415 g/mol. The molecule has 0 radical (unpaired) electrons. The van der Waals surface area contributed by atoms with E-state index in [-0.39, 0.29) is 17.1 Å². The number of nitrogens with zero attached hydrogens (tertiary/aromatic N) is 3. The fraction of sp³-hybridized carbons (Fsp3) is 0.333. The van der Waals surface area contributed by atoms with Gasteiger partial charge >= 0.3 is 0 Å². The number of rotatable bonds is 7. The van der Waals surface area contributed by atoms with Crippen molar-refractivity contribution < 1.29 is 9.18 Å². The Labute approximate surface area is 196 Å². The minimum atomic E-state index is -0.863. The molecule has 0 spiro atoms. The van der Waals surface area contributed by atoms with Gasteiger partial charge in [0.2, 0.25) is 0 Å². The molecule has 5 nitrogen and oxygen atoms in total. The summed E-state index contributed by atoms with van der Waals surface area (Å²) in [5, 5.41) is 8.14. The molecule has 1 unspecified atom stereocenters. The number of hydrogen-bond acceptors (Lipinski definition) is 3. The summed E-state index contributed by atoms with van der Waals surface area (Å²) >= 11 is 0. The van der Waals surface area contributed by atoms with Gasteiger partial charge in [0.25, 0.3) is 5.91 Å². The molecule has 1 aliphatic heterocycles. The number of hydrogen-bond donors (Lipinski definition) is 1. The van der Waals surface area contributed by atoms with Crippen LogP contribution in [0, 0.1) is 0 Å². The van der Waals surface area contributed by atoms with E-state index < -0.39 is 5.54 Å². The van der Waals surface area contributed by atoms with Crippen LogP contribution in [-0.4, -0.2) is 26.1 Å². The average Bonchev–Trinajstić information content (AvgIpc) is 3.19. The number of halogens is 1. The molecule has 0 saturated carbocycles. The summed E-state index contributed by atoms with van der Waals surface area (Å²) in [6.07, 6.45) is 4.47. The first-order chi connectivity index (χ1) is 15.5. The largest absolute Gasteiger partial charge is 0.383 e. The van der Waals surface area contributed by atoms with Crippen LogP contribution in [-0.2, 0) is 18.5 Å². The van der Waals surface area contributed by atoms with Gasteiger partial charge in [-0.25, -0.2) is 4.39 Å². The van der Waals surface area contributed by atoms with E-state index >= 15 is 0 Å². The molecule has 3 rings (SSSR count). The van der Waals surface area contributed by atoms with E-state index in [0.29, 0.717) is 30.2 Å². The van der Waals surface area contributed by atoms with Crippen molar-refractivity contribution in [3.05, 3.63) is 102 Å². The number of benzene rings is 1. The SMILES string of the molecule is C=C/C(=C\C=C(/C)F)N1C(=O)c2cc(C(C)(C)C)nn2CC1(C)C(=C)NCc1ccccc1. The van der Waals surface area contributed by atoms with Crippen LogP contribution in [0.5, 0.6) is 0 Å². The Hall–Kier alpha value is -3.41. The summed E-state index contributed by atoms with van der Waals surface area (Å²) in [6, 6.07) is 11.8. The van der Waals surface area contributed by atoms with Crippen molar-refractivity contribution in [1.29, 1.82) is 0 Å². The fourth-order valence-corrected chi connectivity index (χ4v) is 3.84. The second kappa shape index (κ2) is 9.22. The predicted molar refractivity (Wildman–Crippen MR) is 131 cm³/mol. The van der Waals surface area contributed by atoms with E-state index in [9.17, 15) is 9.18 Å². The van der Waals surface area contributed by atoms with Gasteiger partial charge < -0.3 is 5.32 Å². The molecule has 0 fully saturated rings. The highest BCUT2D eigenvalue weighted by molar-refractivity contribution is 5.96. The summed E-state index contributed by atoms with van der Waals surface area (Å²) in [6.45, 7) is 18.6. The van der Waals surface area contributed by atoms with Crippen molar-refractivity contribution in [1.82, 2.24) is 20.0 Å². The van der Waals surface area contributed by atoms with Gasteiger partial charge in [0.1, 0.15) is 11.2 Å². The summed E-state index contributed by atoms with van der Waals surface area (Å²) < 4.78 is 15.3. The van der Waals surface area contributed by atoms with E-state index in [1.807, 2.05) is 43.3 Å². The number of amides is 1. The number of fused-ring (bicyclic) bond motifs is 1. The van der Waals surface area contributed by atoms with Gasteiger partial charge in [0.05, 0.1) is 18.1 Å². The fourth-order valence-electron chi connectivity index (χ4n) is 3.84. The lowest BCUT2D eigenvalue weighted by molar-refractivity contribution is 0.0553. The molecule has 174 valence electrons. The third kappa shape index (κ3) is 5.00. The van der Waals surface area contributed by atoms with Gasteiger partial charge in [-0.1, -0.05) is 64.3 Å². The summed E-state index contributed by atoms with van der Waals surface area (Å²) in [4.78, 5) is 15.4. The van der Waals surface area contributed by atoms with Crippen LogP contribution in [0.4, 0.5) is 4.39 Å². The highest BCUT2D eigenvalue weighted by Crippen LogP contribution is 2.36. The zero-order chi connectivity index (χ0) is 24.4. The zero-order valence-corrected chi connectivity index (χ0v) is 20.2. The normalized spacial score (nSPS) is 19.3. The standard InChI is InChI=1S/C27H33FN4O/c1-8-22(15-14-19(2)28)32-25(33)23-16-24(26(4,5)6)30-31(23)18-27(32,7)20(3)29-17-21-12-10-9-11-13-21/h8-16,29H,1,3,17-18H2,2,4-7H3/b19-14+,22-15+. The first kappa shape index (κ1) is 24.2. The van der Waals surface area contributed by atoms with Crippen LogP contribution in [0.3, 0.4) is 0 Å². The van der Waals surface area contributed by atoms with Crippen molar-refractivity contribution in [3.8, 4) is 0 Å². The Balaban J connectivity index is 2.07. The minimum absolute atomic E-state index is 0.209. The van der Waals surface area contributed by atoms with Crippen LogP contribution in [0.2, 0.25) is 0 Å². The van der Waals surface area contributed by atoms with Crippen molar-refractivity contribution in [2.45, 2.75) is 58.7 Å². The molecule has 0 saturated heterocycles. The first-order valence-electron chi connectivity index (χ1n) is 11.0. The zero-order valence-electron chi connectivity index (χ0n) is 20.2. The highest BCUT2D eigenvalue weighted by Gasteiger charge is 2.46. The van der Waals surface area contributed by atoms with E-state index in [1.165, 1.54) is 13.0 Å². The molecule has 1 aromatic heterocycles. The Morgan fingerprint density at radius 1 is 1.27 bits per heavy atom. The second-order valence-electron chi connectivity index (χ2n) is 9.60. The number of aromatic nitrogens is 2. The van der Waals surface area contributed by atoms with Crippen molar-refractivity contribution >= 4 is 5.91 Å². The Bertz CT molecular complexity index is 1120. The monoisotopic (exact) mass is 448 g/mol. The van der Waals surface area contributed by atoms with Gasteiger partial charge in [0.15, 0.2) is 0 Å². The van der Waals surface area contributed by atoms with Gasteiger partial charge in [-0.05, 0) is 43.7 Å². The lowest BCUT2D eigenvalue weighted by atomic mass is 9.90. The summed E-state index contributed by atoms with van der Waals surface area (Å²) in [5.41, 5.74) is 2.50. The number of carbonyl (C=O) groups is 1. The van der Waals surface area contributed by atoms with Crippen LogP contribution >= 0.6 is 0 Å². The minimum Gasteiger partial charge on any atom is -0.383 e. The number of carbonyl (C=O) groups excluding carboxylic acids is 1. The molecular formula is C27H33FN4O. The molecule has 0 aliphatic carbocycles. The molecule has 0 bridgehead atoms. The molecule has 2 aromatic rings. The van der Waals surface area contributed by atoms with Gasteiger partial charge in [-0.2, -0.15) is 5.10 Å². The summed E-state index contributed by atoms with van der Waals surface area (Å²) in [5.74, 6) is -0.591. The Morgan fingerprint density at radius 2 is 1.94 bits per heavy atom.